The average Bonchev–Trinajstić information content (AvgIpc) is 2.59. The molecule has 2 aromatic carbocycles. The van der Waals surface area contributed by atoms with Crippen molar-refractivity contribution in [2.75, 3.05) is 29.5 Å². The van der Waals surface area contributed by atoms with E-state index < -0.39 is 34.2 Å². The Balaban J connectivity index is 2.23. The fourth-order valence-electron chi connectivity index (χ4n) is 2.24. The molecule has 0 aliphatic heterocycles. The number of alkyl halides is 3. The summed E-state index contributed by atoms with van der Waals surface area (Å²) in [4.78, 5) is 12.2. The van der Waals surface area contributed by atoms with Gasteiger partial charge in [-0.05, 0) is 42.5 Å². The second kappa shape index (κ2) is 7.87. The summed E-state index contributed by atoms with van der Waals surface area (Å²) < 4.78 is 68.3. The van der Waals surface area contributed by atoms with E-state index >= 15 is 0 Å². The normalized spacial score (nSPS) is 11.7. The molecule has 0 unspecified atom stereocenters. The minimum atomic E-state index is -4.63. The number of nitrogens with one attached hydrogen (secondary N) is 1. The number of hydrogen-bond acceptors (Lipinski definition) is 4. The maximum absolute atomic E-state index is 12.9. The van der Waals surface area contributed by atoms with Crippen LogP contribution in [0, 0.1) is 0 Å². The van der Waals surface area contributed by atoms with Gasteiger partial charge < -0.3 is 10.1 Å². The molecule has 0 heterocycles. The Morgan fingerprint density at radius 3 is 2.30 bits per heavy atom. The number of halogens is 3. The van der Waals surface area contributed by atoms with Gasteiger partial charge in [0.25, 0.3) is 0 Å². The van der Waals surface area contributed by atoms with Gasteiger partial charge in [-0.3, -0.25) is 9.10 Å². The molecule has 0 atom stereocenters. The van der Waals surface area contributed by atoms with Crippen LogP contribution in [0.15, 0.2) is 48.5 Å². The number of sulfonamides is 1. The summed E-state index contributed by atoms with van der Waals surface area (Å²) in [5.74, 6) is -0.141. The molecule has 0 fully saturated rings. The summed E-state index contributed by atoms with van der Waals surface area (Å²) in [6.07, 6.45) is -3.82. The van der Waals surface area contributed by atoms with Crippen molar-refractivity contribution in [1.82, 2.24) is 0 Å². The highest BCUT2D eigenvalue weighted by Gasteiger charge is 2.32. The van der Waals surface area contributed by atoms with Crippen LogP contribution in [-0.2, 0) is 21.0 Å². The van der Waals surface area contributed by atoms with Crippen LogP contribution in [-0.4, -0.2) is 34.2 Å². The third-order valence-corrected chi connectivity index (χ3v) is 4.66. The molecule has 1 amide bonds. The zero-order chi connectivity index (χ0) is 20.2. The molecular weight excluding hydrogens is 385 g/mol. The van der Waals surface area contributed by atoms with Gasteiger partial charge in [0.2, 0.25) is 15.9 Å². The van der Waals surface area contributed by atoms with Gasteiger partial charge >= 0.3 is 6.18 Å². The number of hydrogen-bond donors (Lipinski definition) is 1. The van der Waals surface area contributed by atoms with Crippen LogP contribution in [0.25, 0.3) is 0 Å². The Kier molecular flexibility index (Phi) is 5.99. The highest BCUT2D eigenvalue weighted by atomic mass is 32.2. The molecule has 2 aromatic rings. The van der Waals surface area contributed by atoms with Crippen LogP contribution in [0.1, 0.15) is 5.56 Å². The van der Waals surface area contributed by atoms with E-state index in [0.717, 1.165) is 18.4 Å². The molecule has 0 saturated heterocycles. The topological polar surface area (TPSA) is 75.7 Å². The summed E-state index contributed by atoms with van der Waals surface area (Å²) in [6.45, 7) is -0.674. The number of anilines is 2. The molecule has 146 valence electrons. The third kappa shape index (κ3) is 5.61. The third-order valence-electron chi connectivity index (χ3n) is 3.52. The minimum Gasteiger partial charge on any atom is -0.497 e. The second-order valence-electron chi connectivity index (χ2n) is 5.59. The van der Waals surface area contributed by atoms with Crippen molar-refractivity contribution in [3.63, 3.8) is 0 Å². The molecule has 0 bridgehead atoms. The monoisotopic (exact) mass is 402 g/mol. The Morgan fingerprint density at radius 1 is 1.15 bits per heavy atom. The van der Waals surface area contributed by atoms with Gasteiger partial charge in [-0.15, -0.1) is 0 Å². The van der Waals surface area contributed by atoms with Crippen molar-refractivity contribution in [2.45, 2.75) is 6.18 Å². The first-order valence-electron chi connectivity index (χ1n) is 7.59. The lowest BCUT2D eigenvalue weighted by molar-refractivity contribution is -0.137. The molecule has 6 nitrogen and oxygen atoms in total. The average molecular weight is 402 g/mol. The second-order valence-corrected chi connectivity index (χ2v) is 7.50. The van der Waals surface area contributed by atoms with Crippen LogP contribution in [0.3, 0.4) is 0 Å². The van der Waals surface area contributed by atoms with Crippen LogP contribution in [0.5, 0.6) is 5.75 Å². The number of carbonyl (C=O) groups excluding carboxylic acids is 1. The predicted octanol–water partition coefficient (Wildman–Crippen LogP) is 3.12. The molecular formula is C17H17F3N2O4S. The number of nitrogens with zero attached hydrogens (tertiary/aromatic N) is 1. The molecule has 0 aromatic heterocycles. The maximum Gasteiger partial charge on any atom is 0.416 e. The Hall–Kier alpha value is -2.75. The van der Waals surface area contributed by atoms with E-state index in [2.05, 4.69) is 5.32 Å². The molecule has 0 spiro atoms. The molecule has 1 N–H and O–H groups in total. The summed E-state index contributed by atoms with van der Waals surface area (Å²) >= 11 is 0. The summed E-state index contributed by atoms with van der Waals surface area (Å²) in [6, 6.07) is 10.1. The van der Waals surface area contributed by atoms with Crippen LogP contribution in [0.4, 0.5) is 24.5 Å². The Labute approximate surface area is 154 Å². The van der Waals surface area contributed by atoms with Gasteiger partial charge in [0.15, 0.2) is 0 Å². The number of benzene rings is 2. The lowest BCUT2D eigenvalue weighted by Crippen LogP contribution is -2.37. The summed E-state index contributed by atoms with van der Waals surface area (Å²) in [7, 11) is -2.51. The lowest BCUT2D eigenvalue weighted by atomic mass is 10.2. The molecule has 0 radical (unpaired) electrons. The molecule has 10 heteroatoms. The summed E-state index contributed by atoms with van der Waals surface area (Å²) in [5.41, 5.74) is -0.875. The van der Waals surface area contributed by atoms with Crippen molar-refractivity contribution in [3.8, 4) is 5.75 Å². The number of carbonyl (C=O) groups is 1. The highest BCUT2D eigenvalue weighted by Crippen LogP contribution is 2.32. The van der Waals surface area contributed by atoms with Crippen LogP contribution >= 0.6 is 0 Å². The molecule has 0 aliphatic carbocycles. The van der Waals surface area contributed by atoms with Crippen molar-refractivity contribution in [3.05, 3.63) is 54.1 Å². The van der Waals surface area contributed by atoms with Crippen LogP contribution in [0.2, 0.25) is 0 Å². The van der Waals surface area contributed by atoms with Gasteiger partial charge in [-0.25, -0.2) is 8.42 Å². The zero-order valence-electron chi connectivity index (χ0n) is 14.4. The Bertz CT molecular complexity index is 913. The number of ether oxygens (including phenoxy) is 1. The predicted molar refractivity (Wildman–Crippen MR) is 95.3 cm³/mol. The van der Waals surface area contributed by atoms with E-state index in [-0.39, 0.29) is 5.69 Å². The first-order valence-corrected chi connectivity index (χ1v) is 9.44. The number of rotatable bonds is 6. The number of methoxy groups -OCH3 is 1. The number of amides is 1. The first kappa shape index (κ1) is 20.6. The van der Waals surface area contributed by atoms with E-state index in [9.17, 15) is 26.4 Å². The van der Waals surface area contributed by atoms with Crippen LogP contribution < -0.4 is 14.4 Å². The van der Waals surface area contributed by atoms with E-state index in [1.165, 1.54) is 13.2 Å². The lowest BCUT2D eigenvalue weighted by Gasteiger charge is -2.22. The fraction of sp³-hybridized carbons (Fsp3) is 0.235. The Morgan fingerprint density at radius 2 is 1.78 bits per heavy atom. The maximum atomic E-state index is 12.9. The zero-order valence-corrected chi connectivity index (χ0v) is 15.3. The van der Waals surface area contributed by atoms with E-state index in [0.29, 0.717) is 21.8 Å². The van der Waals surface area contributed by atoms with Crippen molar-refractivity contribution in [2.24, 2.45) is 0 Å². The van der Waals surface area contributed by atoms with Gasteiger partial charge in [-0.1, -0.05) is 6.07 Å². The molecule has 27 heavy (non-hydrogen) atoms. The van der Waals surface area contributed by atoms with E-state index in [1.54, 1.807) is 24.3 Å². The quantitative estimate of drug-likeness (QED) is 0.806. The molecule has 0 aliphatic rings. The van der Waals surface area contributed by atoms with Gasteiger partial charge in [0, 0.05) is 5.69 Å². The first-order chi connectivity index (χ1) is 12.5. The molecule has 0 saturated carbocycles. The van der Waals surface area contributed by atoms with Gasteiger partial charge in [0.1, 0.15) is 12.3 Å². The largest absolute Gasteiger partial charge is 0.497 e. The fourth-order valence-corrected chi connectivity index (χ4v) is 3.09. The smallest absolute Gasteiger partial charge is 0.416 e. The van der Waals surface area contributed by atoms with Crippen molar-refractivity contribution >= 4 is 27.3 Å². The standard InChI is InChI=1S/C17H17F3N2O4S/c1-26-15-8-6-13(7-9-15)21-16(23)11-22(27(2,24)25)14-5-3-4-12(10-14)17(18,19)20/h3-10H,11H2,1-2H3,(H,21,23). The van der Waals surface area contributed by atoms with Gasteiger partial charge in [-0.2, -0.15) is 13.2 Å². The van der Waals surface area contributed by atoms with Crippen molar-refractivity contribution < 1.29 is 31.1 Å². The van der Waals surface area contributed by atoms with Crippen molar-refractivity contribution in [1.29, 1.82) is 0 Å². The summed E-state index contributed by atoms with van der Waals surface area (Å²) in [5, 5.41) is 2.49. The SMILES string of the molecule is COc1ccc(NC(=O)CN(c2cccc(C(F)(F)F)c2)S(C)(=O)=O)cc1. The molecule has 2 rings (SSSR count). The van der Waals surface area contributed by atoms with E-state index in [4.69, 9.17) is 4.74 Å². The van der Waals surface area contributed by atoms with E-state index in [1.807, 2.05) is 0 Å². The highest BCUT2D eigenvalue weighted by molar-refractivity contribution is 7.92. The van der Waals surface area contributed by atoms with Gasteiger partial charge in [0.05, 0.1) is 24.6 Å². The minimum absolute atomic E-state index is 0.253.